The lowest BCUT2D eigenvalue weighted by atomic mass is 9.71. The number of carbonyl (C=O) groups is 1. The molecule has 3 N–H and O–H groups in total. The molecule has 0 aromatic carbocycles. The molecule has 20 heavy (non-hydrogen) atoms. The minimum Gasteiger partial charge on any atom is -0.388 e. The minimum absolute atomic E-state index is 0.0498. The van der Waals surface area contributed by atoms with Crippen molar-refractivity contribution in [2.24, 2.45) is 5.41 Å². The van der Waals surface area contributed by atoms with Crippen molar-refractivity contribution >= 4 is 5.91 Å². The fourth-order valence-electron chi connectivity index (χ4n) is 2.56. The number of nitrogens with one attached hydrogen (secondary N) is 2. The summed E-state index contributed by atoms with van der Waals surface area (Å²) in [6, 6.07) is 0.462. The van der Waals surface area contributed by atoms with E-state index in [4.69, 9.17) is 0 Å². The maximum atomic E-state index is 11.7. The number of amides is 1. The molecule has 0 aromatic rings. The molecule has 0 aromatic heterocycles. The van der Waals surface area contributed by atoms with Gasteiger partial charge < -0.3 is 15.7 Å². The molecular weight excluding hydrogens is 252 g/mol. The Morgan fingerprint density at radius 3 is 2.35 bits per heavy atom. The molecule has 4 heteroatoms. The fraction of sp³-hybridized carbons (Fsp3) is 0.938. The molecule has 1 saturated carbocycles. The van der Waals surface area contributed by atoms with E-state index in [-0.39, 0.29) is 5.91 Å². The first-order valence-electron chi connectivity index (χ1n) is 7.95. The molecule has 1 aliphatic carbocycles. The van der Waals surface area contributed by atoms with Crippen molar-refractivity contribution in [3.05, 3.63) is 0 Å². The maximum Gasteiger partial charge on any atom is 0.220 e. The third-order valence-corrected chi connectivity index (χ3v) is 4.28. The Morgan fingerprint density at radius 2 is 1.80 bits per heavy atom. The first kappa shape index (κ1) is 17.4. The van der Waals surface area contributed by atoms with Gasteiger partial charge in [0.1, 0.15) is 0 Å². The number of rotatable bonds is 7. The van der Waals surface area contributed by atoms with E-state index in [2.05, 4.69) is 38.3 Å². The Bertz CT molecular complexity index is 304. The van der Waals surface area contributed by atoms with Crippen molar-refractivity contribution in [2.45, 2.75) is 77.9 Å². The summed E-state index contributed by atoms with van der Waals surface area (Å²) in [7, 11) is 0. The smallest absolute Gasteiger partial charge is 0.220 e. The summed E-state index contributed by atoms with van der Waals surface area (Å²) in [4.78, 5) is 11.7. The van der Waals surface area contributed by atoms with Gasteiger partial charge in [0.05, 0.1) is 5.60 Å². The zero-order chi connectivity index (χ0) is 15.2. The lowest BCUT2D eigenvalue weighted by molar-refractivity contribution is -0.123. The van der Waals surface area contributed by atoms with E-state index in [1.165, 1.54) is 0 Å². The van der Waals surface area contributed by atoms with Crippen molar-refractivity contribution in [3.8, 4) is 0 Å². The van der Waals surface area contributed by atoms with Crippen molar-refractivity contribution in [3.63, 3.8) is 0 Å². The Labute approximate surface area is 123 Å². The second-order valence-corrected chi connectivity index (χ2v) is 7.38. The summed E-state index contributed by atoms with van der Waals surface area (Å²) in [5, 5.41) is 16.7. The summed E-state index contributed by atoms with van der Waals surface area (Å²) < 4.78 is 0. The van der Waals surface area contributed by atoms with Crippen LogP contribution >= 0.6 is 0 Å². The standard InChI is InChI=1S/C16H32N2O2/c1-13(2)17-11-5-6-14(19)18-12-16(20)9-7-15(3,4)8-10-16/h13,17,20H,5-12H2,1-4H3,(H,18,19). The molecule has 0 radical (unpaired) electrons. The molecule has 0 spiro atoms. The predicted octanol–water partition coefficient (Wildman–Crippen LogP) is 2.21. The molecule has 0 atom stereocenters. The van der Waals surface area contributed by atoms with Crippen molar-refractivity contribution in [2.75, 3.05) is 13.1 Å². The van der Waals surface area contributed by atoms with E-state index in [1.54, 1.807) is 0 Å². The van der Waals surface area contributed by atoms with Gasteiger partial charge in [-0.1, -0.05) is 27.7 Å². The summed E-state index contributed by atoms with van der Waals surface area (Å²) in [5.74, 6) is 0.0498. The zero-order valence-corrected chi connectivity index (χ0v) is 13.6. The van der Waals surface area contributed by atoms with Crippen LogP contribution in [0.4, 0.5) is 0 Å². The number of hydrogen-bond donors (Lipinski definition) is 3. The highest BCUT2D eigenvalue weighted by atomic mass is 16.3. The molecule has 4 nitrogen and oxygen atoms in total. The van der Waals surface area contributed by atoms with E-state index < -0.39 is 5.60 Å². The van der Waals surface area contributed by atoms with Gasteiger partial charge in [-0.05, 0) is 44.1 Å². The average molecular weight is 284 g/mol. The van der Waals surface area contributed by atoms with Crippen LogP contribution in [0.15, 0.2) is 0 Å². The van der Waals surface area contributed by atoms with Gasteiger partial charge in [0.2, 0.25) is 5.91 Å². The normalized spacial score (nSPS) is 20.9. The third-order valence-electron chi connectivity index (χ3n) is 4.28. The van der Waals surface area contributed by atoms with Crippen LogP contribution in [0.25, 0.3) is 0 Å². The van der Waals surface area contributed by atoms with Gasteiger partial charge in [-0.15, -0.1) is 0 Å². The van der Waals surface area contributed by atoms with Crippen LogP contribution in [0.2, 0.25) is 0 Å². The Kier molecular flexibility index (Phi) is 6.46. The van der Waals surface area contributed by atoms with Gasteiger partial charge in [-0.3, -0.25) is 4.79 Å². The Morgan fingerprint density at radius 1 is 1.20 bits per heavy atom. The molecule has 0 unspecified atom stereocenters. The van der Waals surface area contributed by atoms with Gasteiger partial charge in [0, 0.05) is 19.0 Å². The van der Waals surface area contributed by atoms with Crippen LogP contribution in [0, 0.1) is 5.41 Å². The molecule has 1 amide bonds. The van der Waals surface area contributed by atoms with Crippen LogP contribution in [0.1, 0.15) is 66.2 Å². The van der Waals surface area contributed by atoms with Crippen molar-refractivity contribution in [1.29, 1.82) is 0 Å². The van der Waals surface area contributed by atoms with Crippen LogP contribution in [-0.4, -0.2) is 35.7 Å². The molecule has 0 heterocycles. The van der Waals surface area contributed by atoms with E-state index in [1.807, 2.05) is 0 Å². The summed E-state index contributed by atoms with van der Waals surface area (Å²) in [6.45, 7) is 9.95. The number of aliphatic hydroxyl groups is 1. The van der Waals surface area contributed by atoms with E-state index in [9.17, 15) is 9.90 Å². The number of hydrogen-bond acceptors (Lipinski definition) is 3. The van der Waals surface area contributed by atoms with Crippen molar-refractivity contribution in [1.82, 2.24) is 10.6 Å². The van der Waals surface area contributed by atoms with Crippen LogP contribution in [0.3, 0.4) is 0 Å². The zero-order valence-electron chi connectivity index (χ0n) is 13.6. The maximum absolute atomic E-state index is 11.7. The molecule has 0 bridgehead atoms. The van der Waals surface area contributed by atoms with E-state index >= 15 is 0 Å². The second kappa shape index (κ2) is 7.41. The highest BCUT2D eigenvalue weighted by molar-refractivity contribution is 5.75. The molecule has 0 aliphatic heterocycles. The van der Waals surface area contributed by atoms with Gasteiger partial charge in [-0.2, -0.15) is 0 Å². The van der Waals surface area contributed by atoms with E-state index in [0.717, 1.165) is 38.6 Å². The van der Waals surface area contributed by atoms with E-state index in [0.29, 0.717) is 24.4 Å². The highest BCUT2D eigenvalue weighted by Crippen LogP contribution is 2.39. The summed E-state index contributed by atoms with van der Waals surface area (Å²) >= 11 is 0. The lowest BCUT2D eigenvalue weighted by Gasteiger charge is -2.40. The predicted molar refractivity (Wildman–Crippen MR) is 82.6 cm³/mol. The second-order valence-electron chi connectivity index (χ2n) is 7.38. The third kappa shape index (κ3) is 6.71. The molecule has 1 aliphatic rings. The van der Waals surface area contributed by atoms with Crippen LogP contribution in [0.5, 0.6) is 0 Å². The van der Waals surface area contributed by atoms with Gasteiger partial charge in [0.25, 0.3) is 0 Å². The van der Waals surface area contributed by atoms with Crippen molar-refractivity contribution < 1.29 is 9.90 Å². The van der Waals surface area contributed by atoms with Gasteiger partial charge in [-0.25, -0.2) is 0 Å². The monoisotopic (exact) mass is 284 g/mol. The first-order valence-corrected chi connectivity index (χ1v) is 7.95. The van der Waals surface area contributed by atoms with Crippen LogP contribution < -0.4 is 10.6 Å². The summed E-state index contributed by atoms with van der Waals surface area (Å²) in [5.41, 5.74) is -0.361. The minimum atomic E-state index is -0.693. The number of carbonyl (C=O) groups excluding carboxylic acids is 1. The Hall–Kier alpha value is -0.610. The molecule has 1 rings (SSSR count). The highest BCUT2D eigenvalue weighted by Gasteiger charge is 2.36. The summed E-state index contributed by atoms with van der Waals surface area (Å²) in [6.07, 6.45) is 5.00. The first-order chi connectivity index (χ1) is 9.22. The Balaban J connectivity index is 2.17. The molecular formula is C16H32N2O2. The SMILES string of the molecule is CC(C)NCCCC(=O)NCC1(O)CCC(C)(C)CC1. The van der Waals surface area contributed by atoms with Gasteiger partial charge in [0.15, 0.2) is 0 Å². The lowest BCUT2D eigenvalue weighted by Crippen LogP contribution is -2.46. The van der Waals surface area contributed by atoms with Gasteiger partial charge >= 0.3 is 0 Å². The fourth-order valence-corrected chi connectivity index (χ4v) is 2.56. The van der Waals surface area contributed by atoms with Crippen LogP contribution in [-0.2, 0) is 4.79 Å². The molecule has 0 saturated heterocycles. The topological polar surface area (TPSA) is 61.4 Å². The largest absolute Gasteiger partial charge is 0.388 e. The average Bonchev–Trinajstić information content (AvgIpc) is 2.36. The quantitative estimate of drug-likeness (QED) is 0.628. The molecule has 118 valence electrons. The molecule has 1 fully saturated rings.